The predicted octanol–water partition coefficient (Wildman–Crippen LogP) is 1.42. The Morgan fingerprint density at radius 2 is 1.82 bits per heavy atom. The van der Waals surface area contributed by atoms with E-state index in [1.54, 1.807) is 4.31 Å². The molecule has 0 radical (unpaired) electrons. The molecule has 1 aromatic carbocycles. The monoisotopic (exact) mass is 326 g/mol. The number of aliphatic hydroxyl groups excluding tert-OH is 1. The minimum atomic E-state index is -3.44. The van der Waals surface area contributed by atoms with Crippen molar-refractivity contribution in [1.29, 1.82) is 0 Å². The average Bonchev–Trinajstić information content (AvgIpc) is 2.48. The third-order valence-corrected chi connectivity index (χ3v) is 6.28. The Hall–Kier alpha value is -0.950. The van der Waals surface area contributed by atoms with Crippen LogP contribution in [0.1, 0.15) is 30.9 Å². The van der Waals surface area contributed by atoms with Crippen LogP contribution >= 0.6 is 0 Å². The number of nitrogens with zero attached hydrogens (tertiary/aromatic N) is 2. The lowest BCUT2D eigenvalue weighted by molar-refractivity contribution is 0.151. The third kappa shape index (κ3) is 3.68. The quantitative estimate of drug-likeness (QED) is 0.889. The molecule has 0 aliphatic carbocycles. The topological polar surface area (TPSA) is 60.9 Å². The molecule has 1 aliphatic rings. The summed E-state index contributed by atoms with van der Waals surface area (Å²) in [6.07, 6.45) is 0. The van der Waals surface area contributed by atoms with E-state index in [9.17, 15) is 8.42 Å². The molecule has 0 saturated carbocycles. The number of benzene rings is 1. The lowest BCUT2D eigenvalue weighted by Gasteiger charge is -2.33. The van der Waals surface area contributed by atoms with Crippen LogP contribution in [-0.2, 0) is 10.0 Å². The Balaban J connectivity index is 2.22. The van der Waals surface area contributed by atoms with Gasteiger partial charge in [-0.3, -0.25) is 4.90 Å². The summed E-state index contributed by atoms with van der Waals surface area (Å²) < 4.78 is 27.4. The molecule has 1 saturated heterocycles. The van der Waals surface area contributed by atoms with Gasteiger partial charge in [-0.25, -0.2) is 8.42 Å². The molecule has 1 heterocycles. The van der Waals surface area contributed by atoms with Gasteiger partial charge in [-0.2, -0.15) is 4.31 Å². The fourth-order valence-corrected chi connectivity index (χ4v) is 4.41. The maximum atomic E-state index is 12.9. The summed E-state index contributed by atoms with van der Waals surface area (Å²) in [5.74, 6) is 0.302. The van der Waals surface area contributed by atoms with E-state index in [4.69, 9.17) is 5.11 Å². The molecule has 1 fully saturated rings. The number of β-amino-alcohol motifs (C(OH)–C–C–N with tert-alkyl or cyclic N) is 1. The molecule has 0 atom stereocenters. The van der Waals surface area contributed by atoms with Crippen LogP contribution in [-0.4, -0.2) is 62.1 Å². The first-order valence-electron chi connectivity index (χ1n) is 7.80. The Labute approximate surface area is 133 Å². The summed E-state index contributed by atoms with van der Waals surface area (Å²) in [7, 11) is -3.44. The van der Waals surface area contributed by atoms with Crippen LogP contribution < -0.4 is 0 Å². The van der Waals surface area contributed by atoms with Gasteiger partial charge in [0.05, 0.1) is 11.5 Å². The van der Waals surface area contributed by atoms with E-state index >= 15 is 0 Å². The molecule has 124 valence electrons. The molecule has 6 heteroatoms. The number of rotatable bonds is 5. The standard InChI is InChI=1S/C16H26N2O3S/c1-13(2)15-5-4-14(3)16(12-15)22(20,21)18-8-6-17(7-9-18)10-11-19/h4-5,12-13,19H,6-11H2,1-3H3. The lowest BCUT2D eigenvalue weighted by Crippen LogP contribution is -2.49. The van der Waals surface area contributed by atoms with Gasteiger partial charge in [0.15, 0.2) is 0 Å². The first-order chi connectivity index (χ1) is 10.4. The van der Waals surface area contributed by atoms with Gasteiger partial charge >= 0.3 is 0 Å². The van der Waals surface area contributed by atoms with E-state index < -0.39 is 10.0 Å². The Morgan fingerprint density at radius 1 is 1.18 bits per heavy atom. The second-order valence-electron chi connectivity index (χ2n) is 6.15. The van der Waals surface area contributed by atoms with Crippen molar-refractivity contribution in [3.05, 3.63) is 29.3 Å². The average molecular weight is 326 g/mol. The number of hydrogen-bond donors (Lipinski definition) is 1. The zero-order chi connectivity index (χ0) is 16.3. The Kier molecular flexibility index (Phi) is 5.60. The molecular weight excluding hydrogens is 300 g/mol. The molecule has 1 aromatic rings. The van der Waals surface area contributed by atoms with E-state index in [0.29, 0.717) is 43.5 Å². The predicted molar refractivity (Wildman–Crippen MR) is 87.6 cm³/mol. The molecule has 0 amide bonds. The van der Waals surface area contributed by atoms with Crippen LogP contribution in [0.3, 0.4) is 0 Å². The van der Waals surface area contributed by atoms with Gasteiger partial charge in [0, 0.05) is 32.7 Å². The van der Waals surface area contributed by atoms with Crippen LogP contribution in [0.4, 0.5) is 0 Å². The van der Waals surface area contributed by atoms with Crippen molar-refractivity contribution in [3.8, 4) is 0 Å². The number of sulfonamides is 1. The van der Waals surface area contributed by atoms with Crippen molar-refractivity contribution < 1.29 is 13.5 Å². The molecule has 22 heavy (non-hydrogen) atoms. The van der Waals surface area contributed by atoms with E-state index in [-0.39, 0.29) is 6.61 Å². The SMILES string of the molecule is Cc1ccc(C(C)C)cc1S(=O)(=O)N1CCN(CCO)CC1. The molecular formula is C16H26N2O3S. The summed E-state index contributed by atoms with van der Waals surface area (Å²) in [6.45, 7) is 8.99. The maximum absolute atomic E-state index is 12.9. The van der Waals surface area contributed by atoms with Gasteiger partial charge in [-0.15, -0.1) is 0 Å². The van der Waals surface area contributed by atoms with Crippen molar-refractivity contribution in [2.24, 2.45) is 0 Å². The first kappa shape index (κ1) is 17.4. The molecule has 0 unspecified atom stereocenters. The molecule has 0 aromatic heterocycles. The first-order valence-corrected chi connectivity index (χ1v) is 9.24. The molecule has 1 aliphatic heterocycles. The number of aliphatic hydroxyl groups is 1. The van der Waals surface area contributed by atoms with Crippen molar-refractivity contribution in [2.75, 3.05) is 39.3 Å². The number of hydrogen-bond acceptors (Lipinski definition) is 4. The smallest absolute Gasteiger partial charge is 0.243 e. The highest BCUT2D eigenvalue weighted by atomic mass is 32.2. The molecule has 1 N–H and O–H groups in total. The van der Waals surface area contributed by atoms with Crippen molar-refractivity contribution in [2.45, 2.75) is 31.6 Å². The molecule has 2 rings (SSSR count). The van der Waals surface area contributed by atoms with Gasteiger partial charge in [0.1, 0.15) is 0 Å². The molecule has 5 nitrogen and oxygen atoms in total. The van der Waals surface area contributed by atoms with Crippen LogP contribution in [0.2, 0.25) is 0 Å². The van der Waals surface area contributed by atoms with Crippen LogP contribution in [0, 0.1) is 6.92 Å². The van der Waals surface area contributed by atoms with Gasteiger partial charge in [-0.1, -0.05) is 26.0 Å². The Morgan fingerprint density at radius 3 is 2.36 bits per heavy atom. The van der Waals surface area contributed by atoms with Crippen LogP contribution in [0.15, 0.2) is 23.1 Å². The second kappa shape index (κ2) is 7.08. The van der Waals surface area contributed by atoms with Crippen molar-refractivity contribution in [3.63, 3.8) is 0 Å². The summed E-state index contributed by atoms with van der Waals surface area (Å²) >= 11 is 0. The van der Waals surface area contributed by atoms with Gasteiger partial charge in [-0.05, 0) is 30.0 Å². The van der Waals surface area contributed by atoms with Gasteiger partial charge < -0.3 is 5.11 Å². The van der Waals surface area contributed by atoms with Crippen molar-refractivity contribution >= 4 is 10.0 Å². The van der Waals surface area contributed by atoms with E-state index in [1.165, 1.54) is 0 Å². The number of piperazine rings is 1. The molecule has 0 spiro atoms. The lowest BCUT2D eigenvalue weighted by atomic mass is 10.0. The summed E-state index contributed by atoms with van der Waals surface area (Å²) in [4.78, 5) is 2.51. The van der Waals surface area contributed by atoms with Crippen LogP contribution in [0.5, 0.6) is 0 Å². The highest BCUT2D eigenvalue weighted by molar-refractivity contribution is 7.89. The maximum Gasteiger partial charge on any atom is 0.243 e. The highest BCUT2D eigenvalue weighted by Gasteiger charge is 2.29. The number of aryl methyl sites for hydroxylation is 1. The van der Waals surface area contributed by atoms with Crippen molar-refractivity contribution in [1.82, 2.24) is 9.21 Å². The summed E-state index contributed by atoms with van der Waals surface area (Å²) in [6, 6.07) is 5.71. The molecule has 0 bridgehead atoms. The van der Waals surface area contributed by atoms with Gasteiger partial charge in [0.2, 0.25) is 10.0 Å². The Bertz CT molecular complexity index is 606. The highest BCUT2D eigenvalue weighted by Crippen LogP contribution is 2.25. The van der Waals surface area contributed by atoms with E-state index in [2.05, 4.69) is 18.7 Å². The zero-order valence-electron chi connectivity index (χ0n) is 13.6. The minimum Gasteiger partial charge on any atom is -0.395 e. The van der Waals surface area contributed by atoms with Crippen LogP contribution in [0.25, 0.3) is 0 Å². The fourth-order valence-electron chi connectivity index (χ4n) is 2.73. The largest absolute Gasteiger partial charge is 0.395 e. The normalized spacial score (nSPS) is 18.0. The summed E-state index contributed by atoms with van der Waals surface area (Å²) in [5, 5.41) is 8.97. The van der Waals surface area contributed by atoms with E-state index in [1.807, 2.05) is 25.1 Å². The third-order valence-electron chi connectivity index (χ3n) is 4.24. The fraction of sp³-hybridized carbons (Fsp3) is 0.625. The van der Waals surface area contributed by atoms with Gasteiger partial charge in [0.25, 0.3) is 0 Å². The minimum absolute atomic E-state index is 0.113. The van der Waals surface area contributed by atoms with E-state index in [0.717, 1.165) is 11.1 Å². The second-order valence-corrected chi connectivity index (χ2v) is 8.06. The zero-order valence-corrected chi connectivity index (χ0v) is 14.4. The summed E-state index contributed by atoms with van der Waals surface area (Å²) in [5.41, 5.74) is 1.84.